The van der Waals surface area contributed by atoms with Crippen LogP contribution < -0.4 is 5.11 Å². The molecule has 0 fully saturated rings. The average Bonchev–Trinajstić information content (AvgIpc) is 2.62. The average molecular weight is 231 g/mol. The van der Waals surface area contributed by atoms with Crippen LogP contribution in [0.5, 0.6) is 0 Å². The van der Waals surface area contributed by atoms with Crippen molar-refractivity contribution < 1.29 is 9.90 Å². The molecule has 0 unspecified atom stereocenters. The van der Waals surface area contributed by atoms with Crippen LogP contribution in [0.4, 0.5) is 0 Å². The molecule has 3 heteroatoms. The first kappa shape index (κ1) is 10.9. The highest BCUT2D eigenvalue weighted by Crippen LogP contribution is 2.32. The Morgan fingerprint density at radius 2 is 1.81 bits per heavy atom. The second kappa shape index (κ2) is 4.10. The summed E-state index contributed by atoms with van der Waals surface area (Å²) in [7, 11) is 0. The summed E-state index contributed by atoms with van der Waals surface area (Å²) in [5.74, 6) is -1.11. The molecule has 1 aromatic heterocycles. The van der Waals surface area contributed by atoms with Crippen molar-refractivity contribution in [2.45, 2.75) is 13.8 Å². The Kier molecular flexibility index (Phi) is 2.79. The number of carbonyl (C=O) groups is 1. The van der Waals surface area contributed by atoms with Crippen molar-refractivity contribution in [2.75, 3.05) is 0 Å². The first-order chi connectivity index (χ1) is 7.58. The number of hydrogen-bond donors (Lipinski definition) is 0. The van der Waals surface area contributed by atoms with Gasteiger partial charge in [0.15, 0.2) is 0 Å². The zero-order chi connectivity index (χ0) is 11.7. The number of benzene rings is 1. The van der Waals surface area contributed by atoms with E-state index in [2.05, 4.69) is 0 Å². The summed E-state index contributed by atoms with van der Waals surface area (Å²) in [5, 5.41) is 10.8. The van der Waals surface area contributed by atoms with E-state index in [-0.39, 0.29) is 4.88 Å². The van der Waals surface area contributed by atoms with Crippen molar-refractivity contribution in [3.63, 3.8) is 0 Å². The third kappa shape index (κ3) is 1.99. The minimum Gasteiger partial charge on any atom is -0.544 e. The zero-order valence-corrected chi connectivity index (χ0v) is 9.93. The number of hydrogen-bond acceptors (Lipinski definition) is 3. The van der Waals surface area contributed by atoms with Crippen LogP contribution in [0.25, 0.3) is 10.4 Å². The van der Waals surface area contributed by atoms with Gasteiger partial charge < -0.3 is 9.90 Å². The van der Waals surface area contributed by atoms with Crippen molar-refractivity contribution in [2.24, 2.45) is 0 Å². The Labute approximate surface area is 98.2 Å². The second-order valence-corrected chi connectivity index (χ2v) is 4.83. The quantitative estimate of drug-likeness (QED) is 0.796. The molecular formula is C13H11O2S-. The molecular weight excluding hydrogens is 220 g/mol. The van der Waals surface area contributed by atoms with Crippen LogP contribution in [0, 0.1) is 13.8 Å². The molecule has 0 aliphatic rings. The van der Waals surface area contributed by atoms with Gasteiger partial charge in [0.2, 0.25) is 0 Å². The van der Waals surface area contributed by atoms with Crippen LogP contribution >= 0.6 is 11.3 Å². The van der Waals surface area contributed by atoms with Crippen LogP contribution in [-0.2, 0) is 0 Å². The van der Waals surface area contributed by atoms with Crippen molar-refractivity contribution in [3.05, 3.63) is 46.3 Å². The first-order valence-electron chi connectivity index (χ1n) is 4.97. The summed E-state index contributed by atoms with van der Waals surface area (Å²) in [4.78, 5) is 12.0. The standard InChI is InChI=1S/C13H12O2S/c1-8-3-5-10(6-4-8)12-9(2)7-11(16-12)13(14)15/h3-7H,1-2H3,(H,14,15)/p-1. The van der Waals surface area contributed by atoms with Gasteiger partial charge in [0.05, 0.1) is 10.8 Å². The third-order valence-corrected chi connectivity index (χ3v) is 3.70. The maximum atomic E-state index is 10.8. The summed E-state index contributed by atoms with van der Waals surface area (Å²) in [6.07, 6.45) is 0. The maximum absolute atomic E-state index is 10.8. The normalized spacial score (nSPS) is 10.4. The number of carboxylic acids is 1. The molecule has 0 atom stereocenters. The molecule has 1 heterocycles. The molecule has 2 rings (SSSR count). The lowest BCUT2D eigenvalue weighted by atomic mass is 10.1. The predicted octanol–water partition coefficient (Wildman–Crippen LogP) is 2.40. The first-order valence-corrected chi connectivity index (χ1v) is 5.78. The number of aromatic carboxylic acids is 1. The molecule has 0 saturated heterocycles. The summed E-state index contributed by atoms with van der Waals surface area (Å²) in [6, 6.07) is 9.72. The molecule has 0 bridgehead atoms. The van der Waals surface area contributed by atoms with E-state index in [1.807, 2.05) is 38.1 Å². The molecule has 82 valence electrons. The summed E-state index contributed by atoms with van der Waals surface area (Å²) < 4.78 is 0. The molecule has 0 spiro atoms. The lowest BCUT2D eigenvalue weighted by Crippen LogP contribution is -2.20. The number of rotatable bonds is 2. The molecule has 0 N–H and O–H groups in total. The summed E-state index contributed by atoms with van der Waals surface area (Å²) >= 11 is 1.26. The fraction of sp³-hybridized carbons (Fsp3) is 0.154. The number of thiophene rings is 1. The highest BCUT2D eigenvalue weighted by atomic mass is 32.1. The van der Waals surface area contributed by atoms with E-state index >= 15 is 0 Å². The maximum Gasteiger partial charge on any atom is 0.0815 e. The van der Waals surface area contributed by atoms with Gasteiger partial charge in [-0.25, -0.2) is 0 Å². The van der Waals surface area contributed by atoms with E-state index in [1.165, 1.54) is 16.9 Å². The molecule has 2 nitrogen and oxygen atoms in total. The Hall–Kier alpha value is -1.61. The zero-order valence-electron chi connectivity index (χ0n) is 9.11. The van der Waals surface area contributed by atoms with E-state index in [1.54, 1.807) is 6.07 Å². The van der Waals surface area contributed by atoms with Gasteiger partial charge >= 0.3 is 0 Å². The summed E-state index contributed by atoms with van der Waals surface area (Å²) in [6.45, 7) is 3.94. The molecule has 0 saturated carbocycles. The number of aryl methyl sites for hydroxylation is 2. The van der Waals surface area contributed by atoms with Gasteiger partial charge in [0, 0.05) is 4.88 Å². The van der Waals surface area contributed by atoms with Crippen molar-refractivity contribution >= 4 is 17.3 Å². The topological polar surface area (TPSA) is 40.1 Å². The molecule has 2 aromatic rings. The predicted molar refractivity (Wildman–Crippen MR) is 63.6 cm³/mol. The fourth-order valence-corrected chi connectivity index (χ4v) is 2.59. The smallest absolute Gasteiger partial charge is 0.0815 e. The van der Waals surface area contributed by atoms with Crippen LogP contribution in [0.3, 0.4) is 0 Å². The van der Waals surface area contributed by atoms with E-state index in [0.717, 1.165) is 16.0 Å². The Morgan fingerprint density at radius 3 is 2.31 bits per heavy atom. The van der Waals surface area contributed by atoms with Crippen LogP contribution in [0.1, 0.15) is 20.8 Å². The lowest BCUT2D eigenvalue weighted by Gasteiger charge is -2.00. The molecule has 1 aromatic carbocycles. The SMILES string of the molecule is Cc1ccc(-c2sc(C(=O)[O-])cc2C)cc1. The van der Waals surface area contributed by atoms with Crippen LogP contribution in [0.2, 0.25) is 0 Å². The monoisotopic (exact) mass is 231 g/mol. The highest BCUT2D eigenvalue weighted by Gasteiger charge is 2.07. The largest absolute Gasteiger partial charge is 0.544 e. The third-order valence-electron chi connectivity index (χ3n) is 2.43. The fourth-order valence-electron chi connectivity index (χ4n) is 1.57. The van der Waals surface area contributed by atoms with Gasteiger partial charge in [-0.2, -0.15) is 0 Å². The van der Waals surface area contributed by atoms with E-state index < -0.39 is 5.97 Å². The van der Waals surface area contributed by atoms with Crippen LogP contribution in [-0.4, -0.2) is 5.97 Å². The molecule has 0 aliphatic heterocycles. The van der Waals surface area contributed by atoms with Crippen molar-refractivity contribution in [1.82, 2.24) is 0 Å². The highest BCUT2D eigenvalue weighted by molar-refractivity contribution is 7.17. The molecule has 0 aliphatic carbocycles. The number of carbonyl (C=O) groups excluding carboxylic acids is 1. The minimum absolute atomic E-state index is 0.285. The van der Waals surface area contributed by atoms with Gasteiger partial charge in [-0.3, -0.25) is 0 Å². The Morgan fingerprint density at radius 1 is 1.19 bits per heavy atom. The van der Waals surface area contributed by atoms with Gasteiger partial charge in [0.1, 0.15) is 0 Å². The Bertz CT molecular complexity index is 523. The molecule has 16 heavy (non-hydrogen) atoms. The van der Waals surface area contributed by atoms with E-state index in [0.29, 0.717) is 0 Å². The van der Waals surface area contributed by atoms with Crippen LogP contribution in [0.15, 0.2) is 30.3 Å². The van der Waals surface area contributed by atoms with Crippen molar-refractivity contribution in [1.29, 1.82) is 0 Å². The lowest BCUT2D eigenvalue weighted by molar-refractivity contribution is -0.254. The van der Waals surface area contributed by atoms with Gasteiger partial charge in [-0.05, 0) is 31.0 Å². The van der Waals surface area contributed by atoms with Gasteiger partial charge in [0.25, 0.3) is 0 Å². The summed E-state index contributed by atoms with van der Waals surface area (Å²) in [5.41, 5.74) is 3.23. The molecule has 0 radical (unpaired) electrons. The van der Waals surface area contributed by atoms with Gasteiger partial charge in [-0.15, -0.1) is 11.3 Å². The second-order valence-electron chi connectivity index (χ2n) is 3.78. The van der Waals surface area contributed by atoms with E-state index in [4.69, 9.17) is 0 Å². The Balaban J connectivity index is 2.47. The minimum atomic E-state index is -1.11. The van der Waals surface area contributed by atoms with E-state index in [9.17, 15) is 9.90 Å². The van der Waals surface area contributed by atoms with Crippen molar-refractivity contribution in [3.8, 4) is 10.4 Å². The molecule has 0 amide bonds. The number of carboxylic acid groups (broad SMARTS) is 1. The van der Waals surface area contributed by atoms with Gasteiger partial charge in [-0.1, -0.05) is 29.8 Å².